The van der Waals surface area contributed by atoms with E-state index >= 15 is 0 Å². The molecular formula is C10H5F3N2O4S. The van der Waals surface area contributed by atoms with E-state index < -0.39 is 49.9 Å². The lowest BCUT2D eigenvalue weighted by Crippen LogP contribution is -2.11. The molecule has 0 fully saturated rings. The van der Waals surface area contributed by atoms with E-state index in [4.69, 9.17) is 5.26 Å². The number of carbonyl (C=O) groups excluding carboxylic acids is 1. The fraction of sp³-hybridized carbons (Fsp3) is 0.200. The van der Waals surface area contributed by atoms with E-state index in [-0.39, 0.29) is 0 Å². The molecule has 1 rings (SSSR count). The smallest absolute Gasteiger partial charge is 0.446 e. The number of ether oxygens (including phenoxy) is 1. The van der Waals surface area contributed by atoms with Gasteiger partial charge in [-0.2, -0.15) is 18.4 Å². The van der Waals surface area contributed by atoms with Crippen LogP contribution in [-0.2, 0) is 4.74 Å². The van der Waals surface area contributed by atoms with Crippen molar-refractivity contribution in [1.29, 1.82) is 5.26 Å². The maximum atomic E-state index is 12.4. The van der Waals surface area contributed by atoms with Gasteiger partial charge in [-0.3, -0.25) is 10.1 Å². The highest BCUT2D eigenvalue weighted by atomic mass is 32.2. The van der Waals surface area contributed by atoms with E-state index in [2.05, 4.69) is 4.74 Å². The molecule has 10 heteroatoms. The number of hydrogen-bond acceptors (Lipinski definition) is 6. The maximum Gasteiger partial charge on any atom is 0.446 e. The minimum Gasteiger partial charge on any atom is -0.465 e. The number of nitriles is 1. The van der Waals surface area contributed by atoms with Crippen LogP contribution in [0.3, 0.4) is 0 Å². The van der Waals surface area contributed by atoms with Crippen LogP contribution in [-0.4, -0.2) is 23.5 Å². The summed E-state index contributed by atoms with van der Waals surface area (Å²) < 4.78 is 41.4. The molecule has 0 saturated carbocycles. The molecule has 0 radical (unpaired) electrons. The third kappa shape index (κ3) is 3.39. The summed E-state index contributed by atoms with van der Waals surface area (Å²) in [6, 6.07) is 3.11. The van der Waals surface area contributed by atoms with E-state index in [0.29, 0.717) is 0 Å². The number of esters is 1. The Labute approximate surface area is 114 Å². The molecule has 1 aromatic carbocycles. The second-order valence-corrected chi connectivity index (χ2v) is 4.35. The lowest BCUT2D eigenvalue weighted by atomic mass is 10.1. The third-order valence-electron chi connectivity index (χ3n) is 2.06. The number of methoxy groups -OCH3 is 1. The molecule has 0 aliphatic carbocycles. The first-order valence-corrected chi connectivity index (χ1v) is 5.58. The monoisotopic (exact) mass is 306 g/mol. The lowest BCUT2D eigenvalue weighted by molar-refractivity contribution is -0.385. The van der Waals surface area contributed by atoms with Crippen LogP contribution in [0.15, 0.2) is 17.0 Å². The van der Waals surface area contributed by atoms with Gasteiger partial charge in [-0.1, -0.05) is 0 Å². The number of rotatable bonds is 3. The van der Waals surface area contributed by atoms with E-state index in [1.54, 1.807) is 0 Å². The molecule has 0 aliphatic heterocycles. The fourth-order valence-corrected chi connectivity index (χ4v) is 2.03. The van der Waals surface area contributed by atoms with Gasteiger partial charge in [-0.25, -0.2) is 4.79 Å². The third-order valence-corrected chi connectivity index (χ3v) is 2.85. The minimum atomic E-state index is -4.75. The average Bonchev–Trinajstić information content (AvgIpc) is 2.35. The maximum absolute atomic E-state index is 12.4. The van der Waals surface area contributed by atoms with Gasteiger partial charge in [-0.15, -0.1) is 0 Å². The Hall–Kier alpha value is -2.28. The van der Waals surface area contributed by atoms with Gasteiger partial charge in [0.25, 0.3) is 0 Å². The van der Waals surface area contributed by atoms with Crippen LogP contribution in [0.2, 0.25) is 0 Å². The van der Waals surface area contributed by atoms with Crippen LogP contribution in [0.1, 0.15) is 15.9 Å². The van der Waals surface area contributed by atoms with Gasteiger partial charge in [0.2, 0.25) is 0 Å². The van der Waals surface area contributed by atoms with E-state index in [0.717, 1.165) is 19.2 Å². The highest BCUT2D eigenvalue weighted by Gasteiger charge is 2.36. The summed E-state index contributed by atoms with van der Waals surface area (Å²) >= 11 is -0.693. The molecule has 6 nitrogen and oxygen atoms in total. The van der Waals surface area contributed by atoms with Gasteiger partial charge in [-0.05, 0) is 23.9 Å². The van der Waals surface area contributed by atoms with Crippen molar-refractivity contribution in [3.05, 3.63) is 33.4 Å². The molecule has 20 heavy (non-hydrogen) atoms. The zero-order valence-electron chi connectivity index (χ0n) is 9.72. The van der Waals surface area contributed by atoms with Crippen LogP contribution >= 0.6 is 11.8 Å². The zero-order valence-corrected chi connectivity index (χ0v) is 10.5. The average molecular weight is 306 g/mol. The van der Waals surface area contributed by atoms with Crippen molar-refractivity contribution in [3.63, 3.8) is 0 Å². The van der Waals surface area contributed by atoms with Crippen LogP contribution < -0.4 is 0 Å². The van der Waals surface area contributed by atoms with Crippen LogP contribution in [0.5, 0.6) is 0 Å². The first-order chi connectivity index (χ1) is 9.21. The van der Waals surface area contributed by atoms with Crippen LogP contribution in [0.25, 0.3) is 0 Å². The molecule has 0 atom stereocenters. The Bertz CT molecular complexity index is 610. The molecule has 0 bridgehead atoms. The molecule has 0 amide bonds. The standard InChI is InChI=1S/C10H5F3N2O4S/c1-19-9(16)7-6(20-10(11,12)13)3-2-5(4-14)8(7)15(17)18/h2-3H,1H3. The van der Waals surface area contributed by atoms with E-state index in [1.165, 1.54) is 6.07 Å². The Morgan fingerprint density at radius 2 is 2.10 bits per heavy atom. The number of alkyl halides is 3. The number of nitrogens with zero attached hydrogens (tertiary/aromatic N) is 2. The number of nitro groups is 1. The molecule has 0 unspecified atom stereocenters. The number of hydrogen-bond donors (Lipinski definition) is 0. The Morgan fingerprint density at radius 3 is 2.50 bits per heavy atom. The normalized spacial score (nSPS) is 10.8. The van der Waals surface area contributed by atoms with Gasteiger partial charge >= 0.3 is 17.2 Å². The quantitative estimate of drug-likeness (QED) is 0.369. The predicted molar refractivity (Wildman–Crippen MR) is 61.1 cm³/mol. The van der Waals surface area contributed by atoms with Crippen molar-refractivity contribution >= 4 is 23.4 Å². The highest BCUT2D eigenvalue weighted by Crippen LogP contribution is 2.42. The molecule has 0 N–H and O–H groups in total. The molecule has 0 spiro atoms. The predicted octanol–water partition coefficient (Wildman–Crippen LogP) is 2.86. The first-order valence-electron chi connectivity index (χ1n) is 4.76. The molecule has 0 aliphatic rings. The number of nitro benzene ring substituents is 1. The molecule has 106 valence electrons. The second-order valence-electron chi connectivity index (χ2n) is 3.24. The summed E-state index contributed by atoms with van der Waals surface area (Å²) in [7, 11) is 0.868. The number of thioether (sulfide) groups is 1. The molecule has 0 heterocycles. The number of halogens is 3. The highest BCUT2D eigenvalue weighted by molar-refractivity contribution is 8.00. The van der Waals surface area contributed by atoms with Crippen molar-refractivity contribution in [1.82, 2.24) is 0 Å². The van der Waals surface area contributed by atoms with E-state index in [1.807, 2.05) is 0 Å². The summed E-state index contributed by atoms with van der Waals surface area (Å²) in [5.41, 5.74) is -7.17. The largest absolute Gasteiger partial charge is 0.465 e. The van der Waals surface area contributed by atoms with Crippen molar-refractivity contribution in [3.8, 4) is 6.07 Å². The van der Waals surface area contributed by atoms with Gasteiger partial charge in [0.15, 0.2) is 5.56 Å². The van der Waals surface area contributed by atoms with Crippen molar-refractivity contribution < 1.29 is 27.6 Å². The second kappa shape index (κ2) is 5.79. The Kier molecular flexibility index (Phi) is 4.57. The minimum absolute atomic E-state index is 0.526. The summed E-state index contributed by atoms with van der Waals surface area (Å²) in [5.74, 6) is -1.32. The number of benzene rings is 1. The van der Waals surface area contributed by atoms with Gasteiger partial charge < -0.3 is 4.74 Å². The van der Waals surface area contributed by atoms with Crippen LogP contribution in [0.4, 0.5) is 18.9 Å². The first kappa shape index (κ1) is 15.8. The molecule has 0 saturated heterocycles. The van der Waals surface area contributed by atoms with Crippen LogP contribution in [0, 0.1) is 21.4 Å². The molecule has 1 aromatic rings. The Morgan fingerprint density at radius 1 is 1.50 bits per heavy atom. The Balaban J connectivity index is 3.62. The van der Waals surface area contributed by atoms with Crippen molar-refractivity contribution in [2.45, 2.75) is 10.4 Å². The fourth-order valence-electron chi connectivity index (χ4n) is 1.36. The van der Waals surface area contributed by atoms with Crippen molar-refractivity contribution in [2.24, 2.45) is 0 Å². The topological polar surface area (TPSA) is 93.2 Å². The number of carbonyl (C=O) groups is 1. The van der Waals surface area contributed by atoms with Gasteiger partial charge in [0, 0.05) is 4.90 Å². The molecule has 0 aromatic heterocycles. The SMILES string of the molecule is COC(=O)c1c(SC(F)(F)F)ccc(C#N)c1[N+](=O)[O-]. The summed E-state index contributed by atoms with van der Waals surface area (Å²) in [6.45, 7) is 0. The summed E-state index contributed by atoms with van der Waals surface area (Å²) in [6.07, 6.45) is 0. The van der Waals surface area contributed by atoms with E-state index in [9.17, 15) is 28.1 Å². The van der Waals surface area contributed by atoms with Gasteiger partial charge in [0.1, 0.15) is 11.6 Å². The summed E-state index contributed by atoms with van der Waals surface area (Å²) in [5, 5.41) is 19.6. The zero-order chi connectivity index (χ0) is 15.5. The summed E-state index contributed by atoms with van der Waals surface area (Å²) in [4.78, 5) is 20.6. The van der Waals surface area contributed by atoms with Crippen molar-refractivity contribution in [2.75, 3.05) is 7.11 Å². The lowest BCUT2D eigenvalue weighted by Gasteiger charge is -2.10. The van der Waals surface area contributed by atoms with Gasteiger partial charge in [0.05, 0.1) is 12.0 Å². The molecular weight excluding hydrogens is 301 g/mol.